The van der Waals surface area contributed by atoms with Gasteiger partial charge in [0.2, 0.25) is 0 Å². The van der Waals surface area contributed by atoms with Crippen LogP contribution in [0.5, 0.6) is 0 Å². The molecular weight excluding hydrogens is 80.0 g/mol. The molecule has 4 N–H and O–H groups in total. The number of hydrogen-bond donors (Lipinski definition) is 2. The predicted octanol–water partition coefficient (Wildman–Crippen LogP) is -0.316. The molecule has 0 aromatic carbocycles. The van der Waals surface area contributed by atoms with E-state index in [1.807, 2.05) is 0 Å². The molecule has 0 fully saturated rings. The lowest BCUT2D eigenvalue weighted by Gasteiger charge is -1.87. The Morgan fingerprint density at radius 3 is 1.33 bits per heavy atom. The van der Waals surface area contributed by atoms with E-state index in [9.17, 15) is 0 Å². The first kappa shape index (κ1) is 5.92. The molecule has 0 spiro atoms. The van der Waals surface area contributed by atoms with Crippen molar-refractivity contribution in [3.8, 4) is 0 Å². The molecule has 6 heavy (non-hydrogen) atoms. The molecule has 38 valence electrons. The van der Waals surface area contributed by atoms with Crippen molar-refractivity contribution in [3.63, 3.8) is 0 Å². The maximum atomic E-state index is 5.16. The van der Waals surface area contributed by atoms with Crippen LogP contribution in [0.25, 0.3) is 0 Å². The van der Waals surface area contributed by atoms with Gasteiger partial charge < -0.3 is 11.5 Å². The van der Waals surface area contributed by atoms with Crippen molar-refractivity contribution in [2.75, 3.05) is 13.1 Å². The lowest BCUT2D eigenvalue weighted by Crippen LogP contribution is -2.03. The van der Waals surface area contributed by atoms with Crippen LogP contribution in [-0.4, -0.2) is 13.1 Å². The molecule has 0 aliphatic carbocycles. The molecule has 0 amide bonds. The molecule has 0 saturated heterocycles. The molecular formula is C4H12N2. The van der Waals surface area contributed by atoms with Crippen LogP contribution >= 0.6 is 0 Å². The van der Waals surface area contributed by atoms with Crippen LogP contribution in [0, 0.1) is 0 Å². The second kappa shape index (κ2) is 4.92. The Morgan fingerprint density at radius 1 is 0.833 bits per heavy atom. The Morgan fingerprint density at radius 2 is 1.17 bits per heavy atom. The van der Waals surface area contributed by atoms with Gasteiger partial charge in [-0.05, 0) is 25.9 Å². The molecule has 0 rings (SSSR count). The molecule has 0 bridgehead atoms. The molecule has 0 aromatic rings. The Labute approximate surface area is 38.5 Å². The van der Waals surface area contributed by atoms with E-state index in [-0.39, 0.29) is 0 Å². The van der Waals surface area contributed by atoms with Gasteiger partial charge in [-0.1, -0.05) is 0 Å². The Bertz CT molecular complexity index is 17.5. The van der Waals surface area contributed by atoms with Gasteiger partial charge in [-0.3, -0.25) is 0 Å². The molecule has 2 nitrogen and oxygen atoms in total. The summed E-state index contributed by atoms with van der Waals surface area (Å²) in [5.74, 6) is 0. The van der Waals surface area contributed by atoms with Gasteiger partial charge in [-0.25, -0.2) is 0 Å². The van der Waals surface area contributed by atoms with E-state index in [4.69, 9.17) is 11.5 Å². The summed E-state index contributed by atoms with van der Waals surface area (Å²) >= 11 is 0. The molecule has 0 atom stereocenters. The predicted molar refractivity (Wildman–Crippen MR) is 27.3 cm³/mol. The van der Waals surface area contributed by atoms with Crippen LogP contribution in [0.3, 0.4) is 0 Å². The molecule has 0 aliphatic rings. The molecule has 0 aliphatic heterocycles. The largest absolute Gasteiger partial charge is 0.330 e. The van der Waals surface area contributed by atoms with Gasteiger partial charge in [0.15, 0.2) is 0 Å². The van der Waals surface area contributed by atoms with Crippen molar-refractivity contribution in [3.05, 3.63) is 0 Å². The molecule has 2 heteroatoms. The van der Waals surface area contributed by atoms with Crippen LogP contribution in [0.2, 0.25) is 0 Å². The summed E-state index contributed by atoms with van der Waals surface area (Å²) in [4.78, 5) is 0. The molecule has 0 aromatic heterocycles. The van der Waals surface area contributed by atoms with Crippen molar-refractivity contribution < 1.29 is 0 Å². The van der Waals surface area contributed by atoms with Crippen molar-refractivity contribution in [2.45, 2.75) is 12.8 Å². The van der Waals surface area contributed by atoms with Gasteiger partial charge in [0, 0.05) is 0 Å². The van der Waals surface area contributed by atoms with E-state index in [2.05, 4.69) is 0 Å². The van der Waals surface area contributed by atoms with Gasteiger partial charge in [0.1, 0.15) is 0 Å². The first-order chi connectivity index (χ1) is 2.91. The highest BCUT2D eigenvalue weighted by Crippen LogP contribution is 1.77. The summed E-state index contributed by atoms with van der Waals surface area (Å²) in [5, 5.41) is 0. The van der Waals surface area contributed by atoms with E-state index in [1.54, 1.807) is 0 Å². The minimum atomic E-state index is 0.775. The van der Waals surface area contributed by atoms with E-state index in [0.29, 0.717) is 0 Å². The third-order valence-corrected chi connectivity index (χ3v) is 0.658. The van der Waals surface area contributed by atoms with Crippen molar-refractivity contribution in [2.24, 2.45) is 11.5 Å². The zero-order valence-corrected chi connectivity index (χ0v) is 3.98. The SMILES string of the molecule is [15NH2]CC[13CH2][13CH2][15NH2]. The fourth-order valence-electron chi connectivity index (χ4n) is 0.289. The van der Waals surface area contributed by atoms with Gasteiger partial charge in [-0.2, -0.15) is 0 Å². The highest BCUT2D eigenvalue weighted by atomic mass is 15.5. The van der Waals surface area contributed by atoms with E-state index in [1.165, 1.54) is 0 Å². The zero-order valence-electron chi connectivity index (χ0n) is 3.98. The van der Waals surface area contributed by atoms with E-state index < -0.39 is 0 Å². The summed E-state index contributed by atoms with van der Waals surface area (Å²) in [6.07, 6.45) is 2.13. The Kier molecular flexibility index (Phi) is 4.85. The lowest BCUT2D eigenvalue weighted by atomic mass is 10.6. The highest BCUT2D eigenvalue weighted by Gasteiger charge is 1.75. The monoisotopic (exact) mass is 92.1 g/mol. The maximum Gasteiger partial charge on any atom is -0.00768 e. The van der Waals surface area contributed by atoms with Gasteiger partial charge in [0.25, 0.3) is 0 Å². The number of unbranched alkanes of at least 4 members (excludes halogenated alkanes) is 1. The van der Waals surface area contributed by atoms with Crippen LogP contribution < -0.4 is 11.5 Å². The average molecular weight is 92.1 g/mol. The number of rotatable bonds is 3. The first-order valence-corrected chi connectivity index (χ1v) is 2.32. The Hall–Kier alpha value is -0.0800. The van der Waals surface area contributed by atoms with Gasteiger partial charge in [0.05, 0.1) is 0 Å². The van der Waals surface area contributed by atoms with E-state index >= 15 is 0 Å². The summed E-state index contributed by atoms with van der Waals surface area (Å²) in [7, 11) is 0. The minimum absolute atomic E-state index is 0.775. The maximum absolute atomic E-state index is 5.16. The smallest absolute Gasteiger partial charge is 0.00768 e. The highest BCUT2D eigenvalue weighted by molar-refractivity contribution is 4.38. The topological polar surface area (TPSA) is 52.0 Å². The zero-order chi connectivity index (χ0) is 4.83. The van der Waals surface area contributed by atoms with E-state index in [0.717, 1.165) is 25.9 Å². The van der Waals surface area contributed by atoms with Crippen molar-refractivity contribution in [1.82, 2.24) is 0 Å². The fourth-order valence-corrected chi connectivity index (χ4v) is 0.289. The quantitative estimate of drug-likeness (QED) is 0.285. The Balaban J connectivity index is 2.34. The normalized spacial score (nSPS) is 9.00. The first-order valence-electron chi connectivity index (χ1n) is 2.32. The molecule has 0 unspecified atom stereocenters. The lowest BCUT2D eigenvalue weighted by molar-refractivity contribution is 0.755. The summed E-state index contributed by atoms with van der Waals surface area (Å²) in [6, 6.07) is 0. The second-order valence-electron chi connectivity index (χ2n) is 1.28. The summed E-state index contributed by atoms with van der Waals surface area (Å²) in [6.45, 7) is 1.55. The summed E-state index contributed by atoms with van der Waals surface area (Å²) in [5.41, 5.74) is 10.3. The molecule has 0 radical (unpaired) electrons. The van der Waals surface area contributed by atoms with Gasteiger partial charge in [-0.15, -0.1) is 0 Å². The molecule has 0 saturated carbocycles. The summed E-state index contributed by atoms with van der Waals surface area (Å²) < 4.78 is 0. The minimum Gasteiger partial charge on any atom is -0.330 e. The van der Waals surface area contributed by atoms with Crippen LogP contribution in [-0.2, 0) is 0 Å². The third kappa shape index (κ3) is 3.92. The van der Waals surface area contributed by atoms with Crippen LogP contribution in [0.1, 0.15) is 12.8 Å². The molecule has 0 heterocycles. The fraction of sp³-hybridized carbons (Fsp3) is 1.00. The third-order valence-electron chi connectivity index (χ3n) is 0.658. The van der Waals surface area contributed by atoms with Crippen LogP contribution in [0.4, 0.5) is 0 Å². The van der Waals surface area contributed by atoms with Gasteiger partial charge >= 0.3 is 0 Å². The van der Waals surface area contributed by atoms with Crippen molar-refractivity contribution in [1.29, 1.82) is 0 Å². The van der Waals surface area contributed by atoms with Crippen molar-refractivity contribution >= 4 is 0 Å². The number of nitrogens with two attached hydrogens (primary N) is 2. The number of hydrogen-bond acceptors (Lipinski definition) is 2. The van der Waals surface area contributed by atoms with Crippen LogP contribution in [0.15, 0.2) is 0 Å². The standard InChI is InChI=1S/C4H12N2/c5-3-1-2-4-6/h1-6H2/i1+1,3+1,5+1,6+1. The average Bonchev–Trinajstić information content (AvgIpc) is 1.61. The second-order valence-corrected chi connectivity index (χ2v) is 1.28.